The molecule has 2 aromatic heterocycles. The number of piperidine rings is 1. The molecule has 9 nitrogen and oxygen atoms in total. The fourth-order valence-corrected chi connectivity index (χ4v) is 5.66. The molecule has 2 aliphatic heterocycles. The Morgan fingerprint density at radius 1 is 1.18 bits per heavy atom. The van der Waals surface area contributed by atoms with E-state index in [9.17, 15) is 14.7 Å². The fraction of sp³-hybridized carbons (Fsp3) is 0.321. The highest BCUT2D eigenvalue weighted by molar-refractivity contribution is 6.30. The van der Waals surface area contributed by atoms with Gasteiger partial charge in [0.1, 0.15) is 11.4 Å². The zero-order valence-corrected chi connectivity index (χ0v) is 21.8. The number of hydrogen-bond donors (Lipinski definition) is 4. The Labute approximate surface area is 224 Å². The summed E-state index contributed by atoms with van der Waals surface area (Å²) in [5.74, 6) is 0.445. The summed E-state index contributed by atoms with van der Waals surface area (Å²) in [6.07, 6.45) is 2.69. The van der Waals surface area contributed by atoms with Crippen molar-refractivity contribution in [2.24, 2.45) is 0 Å². The molecule has 2 aromatic carbocycles. The smallest absolute Gasteiger partial charge is 0.261 e. The maximum Gasteiger partial charge on any atom is 0.261 e. The third-order valence-electron chi connectivity index (χ3n) is 7.58. The van der Waals surface area contributed by atoms with E-state index >= 15 is 0 Å². The zero-order chi connectivity index (χ0) is 26.4. The fourth-order valence-electron chi connectivity index (χ4n) is 5.46. The molecule has 1 unspecified atom stereocenters. The number of aliphatic hydroxyl groups excluding tert-OH is 1. The van der Waals surface area contributed by atoms with Crippen molar-refractivity contribution < 1.29 is 9.90 Å². The van der Waals surface area contributed by atoms with Crippen LogP contribution >= 0.6 is 11.6 Å². The maximum atomic E-state index is 13.3. The molecular formula is C28H29ClN6O3. The lowest BCUT2D eigenvalue weighted by atomic mass is 10.0. The molecule has 0 spiro atoms. The molecule has 6 rings (SSSR count). The standard InChI is InChI=1S/C28H29ClN6O3/c1-34-9-6-19(7-10-34)35-15-17-12-22-23(13-20(17)28(35)38)33-26(32-22)25-21(5-8-30-27(25)37)31-14-24(36)16-3-2-4-18(29)11-16/h2-5,8,11-13,19,24,36H,6-7,9-10,14-15H2,1H3,(H,32,33)(H2,30,31,37). The van der Waals surface area contributed by atoms with Crippen molar-refractivity contribution in [3.05, 3.63) is 80.7 Å². The summed E-state index contributed by atoms with van der Waals surface area (Å²) in [6.45, 7) is 2.75. The zero-order valence-electron chi connectivity index (χ0n) is 21.0. The summed E-state index contributed by atoms with van der Waals surface area (Å²) >= 11 is 6.05. The first-order valence-electron chi connectivity index (χ1n) is 12.8. The molecule has 38 heavy (non-hydrogen) atoms. The Bertz CT molecular complexity index is 1570. The second-order valence-corrected chi connectivity index (χ2v) is 10.6. The minimum Gasteiger partial charge on any atom is -0.387 e. The normalized spacial score (nSPS) is 17.2. The van der Waals surface area contributed by atoms with E-state index < -0.39 is 6.10 Å². The highest BCUT2D eigenvalue weighted by atomic mass is 35.5. The average Bonchev–Trinajstić information content (AvgIpc) is 3.46. The number of nitrogens with one attached hydrogen (secondary N) is 3. The number of fused-ring (bicyclic) bond motifs is 2. The predicted molar refractivity (Wildman–Crippen MR) is 147 cm³/mol. The van der Waals surface area contributed by atoms with Crippen LogP contribution < -0.4 is 10.9 Å². The molecule has 0 aliphatic carbocycles. The molecule has 1 saturated heterocycles. The van der Waals surface area contributed by atoms with Crippen LogP contribution in [0.5, 0.6) is 0 Å². The number of rotatable bonds is 6. The molecule has 4 N–H and O–H groups in total. The second kappa shape index (κ2) is 9.90. The number of carbonyl (C=O) groups excluding carboxylic acids is 1. The van der Waals surface area contributed by atoms with Crippen LogP contribution in [0, 0.1) is 0 Å². The number of aliphatic hydroxyl groups is 1. The number of benzene rings is 2. The molecule has 10 heteroatoms. The third-order valence-corrected chi connectivity index (χ3v) is 7.82. The van der Waals surface area contributed by atoms with Crippen LogP contribution in [-0.4, -0.2) is 68.5 Å². The molecule has 4 heterocycles. The summed E-state index contributed by atoms with van der Waals surface area (Å²) in [6, 6.07) is 12.8. The van der Waals surface area contributed by atoms with Gasteiger partial charge in [-0.15, -0.1) is 0 Å². The lowest BCUT2D eigenvalue weighted by Gasteiger charge is -2.34. The van der Waals surface area contributed by atoms with Gasteiger partial charge in [-0.1, -0.05) is 23.7 Å². The number of nitrogens with zero attached hydrogens (tertiary/aromatic N) is 3. The van der Waals surface area contributed by atoms with Crippen LogP contribution in [0.2, 0.25) is 5.02 Å². The molecule has 2 aliphatic rings. The Hall–Kier alpha value is -3.66. The van der Waals surface area contributed by atoms with Crippen LogP contribution in [0.3, 0.4) is 0 Å². The second-order valence-electron chi connectivity index (χ2n) is 10.1. The van der Waals surface area contributed by atoms with E-state index in [4.69, 9.17) is 11.6 Å². The Kier molecular flexibility index (Phi) is 6.43. The first kappa shape index (κ1) is 24.7. The Morgan fingerprint density at radius 3 is 2.79 bits per heavy atom. The van der Waals surface area contributed by atoms with Gasteiger partial charge in [-0.05, 0) is 74.4 Å². The lowest BCUT2D eigenvalue weighted by molar-refractivity contribution is 0.0617. The van der Waals surface area contributed by atoms with Crippen LogP contribution in [0.15, 0.2) is 53.5 Å². The molecule has 1 atom stereocenters. The van der Waals surface area contributed by atoms with Gasteiger partial charge < -0.3 is 30.2 Å². The molecule has 0 radical (unpaired) electrons. The van der Waals surface area contributed by atoms with Crippen molar-refractivity contribution in [1.29, 1.82) is 0 Å². The highest BCUT2D eigenvalue weighted by Crippen LogP contribution is 2.32. The first-order valence-corrected chi connectivity index (χ1v) is 13.2. The van der Waals surface area contributed by atoms with Crippen molar-refractivity contribution in [2.75, 3.05) is 32.0 Å². The number of aromatic nitrogens is 3. The summed E-state index contributed by atoms with van der Waals surface area (Å²) < 4.78 is 0. The van der Waals surface area contributed by atoms with Gasteiger partial charge in [0.2, 0.25) is 0 Å². The van der Waals surface area contributed by atoms with Gasteiger partial charge >= 0.3 is 0 Å². The van der Waals surface area contributed by atoms with Gasteiger partial charge in [0.05, 0.1) is 22.8 Å². The molecule has 0 bridgehead atoms. The van der Waals surface area contributed by atoms with E-state index in [0.717, 1.165) is 37.0 Å². The van der Waals surface area contributed by atoms with Gasteiger partial charge in [0.25, 0.3) is 11.5 Å². The summed E-state index contributed by atoms with van der Waals surface area (Å²) in [4.78, 5) is 41.1. The SMILES string of the molecule is CN1CCC(N2Cc3cc4[nH]c(-c5c(NCC(O)c6cccc(Cl)c6)cc[nH]c5=O)nc4cc3C2=O)CC1. The van der Waals surface area contributed by atoms with Gasteiger partial charge in [-0.2, -0.15) is 0 Å². The maximum absolute atomic E-state index is 13.3. The Balaban J connectivity index is 1.26. The molecule has 1 amide bonds. The summed E-state index contributed by atoms with van der Waals surface area (Å²) in [5.41, 5.74) is 4.28. The number of amides is 1. The van der Waals surface area contributed by atoms with Gasteiger partial charge in [0, 0.05) is 35.9 Å². The number of aromatic amines is 2. The molecule has 1 fully saturated rings. The number of halogens is 1. The number of pyridine rings is 1. The molecule has 196 valence electrons. The van der Waals surface area contributed by atoms with Gasteiger partial charge in [-0.25, -0.2) is 4.98 Å². The van der Waals surface area contributed by atoms with Crippen molar-refractivity contribution >= 4 is 34.2 Å². The number of carbonyl (C=O) groups is 1. The number of likely N-dealkylation sites (tertiary alicyclic amines) is 1. The molecular weight excluding hydrogens is 504 g/mol. The number of hydrogen-bond acceptors (Lipinski definition) is 6. The third kappa shape index (κ3) is 4.57. The largest absolute Gasteiger partial charge is 0.387 e. The van der Waals surface area contributed by atoms with Gasteiger partial charge in [-0.3, -0.25) is 9.59 Å². The van der Waals surface area contributed by atoms with Crippen molar-refractivity contribution in [1.82, 2.24) is 24.8 Å². The topological polar surface area (TPSA) is 117 Å². The van der Waals surface area contributed by atoms with Crippen LogP contribution in [-0.2, 0) is 6.54 Å². The lowest BCUT2D eigenvalue weighted by Crippen LogP contribution is -2.43. The first-order chi connectivity index (χ1) is 18.4. The summed E-state index contributed by atoms with van der Waals surface area (Å²) in [7, 11) is 2.11. The number of H-pyrrole nitrogens is 2. The van der Waals surface area contributed by atoms with Crippen LogP contribution in [0.4, 0.5) is 5.69 Å². The van der Waals surface area contributed by atoms with Gasteiger partial charge in [0.15, 0.2) is 0 Å². The number of imidazole rings is 1. The van der Waals surface area contributed by atoms with Crippen LogP contribution in [0.1, 0.15) is 40.4 Å². The van der Waals surface area contributed by atoms with Crippen LogP contribution in [0.25, 0.3) is 22.4 Å². The highest BCUT2D eigenvalue weighted by Gasteiger charge is 2.34. The Morgan fingerprint density at radius 2 is 2.00 bits per heavy atom. The predicted octanol–water partition coefficient (Wildman–Crippen LogP) is 3.77. The monoisotopic (exact) mass is 532 g/mol. The van der Waals surface area contributed by atoms with E-state index in [1.807, 2.05) is 17.0 Å². The van der Waals surface area contributed by atoms with E-state index in [1.54, 1.807) is 36.5 Å². The minimum atomic E-state index is -0.821. The minimum absolute atomic E-state index is 0.0518. The molecule has 0 saturated carbocycles. The van der Waals surface area contributed by atoms with E-state index in [0.29, 0.717) is 45.3 Å². The van der Waals surface area contributed by atoms with E-state index in [1.165, 1.54) is 0 Å². The van der Waals surface area contributed by atoms with E-state index in [2.05, 4.69) is 32.2 Å². The molecule has 4 aromatic rings. The number of anilines is 1. The van der Waals surface area contributed by atoms with Crippen molar-refractivity contribution in [2.45, 2.75) is 31.5 Å². The summed E-state index contributed by atoms with van der Waals surface area (Å²) in [5, 5.41) is 14.3. The quantitative estimate of drug-likeness (QED) is 0.300. The van der Waals surface area contributed by atoms with E-state index in [-0.39, 0.29) is 24.1 Å². The van der Waals surface area contributed by atoms with Crippen molar-refractivity contribution in [3.8, 4) is 11.4 Å². The average molecular weight is 533 g/mol. The van der Waals surface area contributed by atoms with Crippen molar-refractivity contribution in [3.63, 3.8) is 0 Å².